The fraction of sp³-hybridized carbons (Fsp3) is 0.400. The van der Waals surface area contributed by atoms with Gasteiger partial charge in [-0.15, -0.1) is 0 Å². The van der Waals surface area contributed by atoms with Gasteiger partial charge in [0.05, 0.1) is 6.54 Å². The number of carbonyl (C=O) groups excluding carboxylic acids is 1. The first-order valence-electron chi connectivity index (χ1n) is 6.13. The van der Waals surface area contributed by atoms with Gasteiger partial charge in [-0.2, -0.15) is 0 Å². The van der Waals surface area contributed by atoms with Crippen molar-refractivity contribution in [3.8, 4) is 0 Å². The van der Waals surface area contributed by atoms with E-state index in [0.29, 0.717) is 6.54 Å². The predicted molar refractivity (Wildman–Crippen MR) is 71.9 cm³/mol. The molecule has 0 bridgehead atoms. The monoisotopic (exact) mass is 245 g/mol. The van der Waals surface area contributed by atoms with E-state index >= 15 is 0 Å². The smallest absolute Gasteiger partial charge is 0.414 e. The topological polar surface area (TPSA) is 29.5 Å². The summed E-state index contributed by atoms with van der Waals surface area (Å²) in [4.78, 5) is 13.8. The maximum atomic E-state index is 12.1. The summed E-state index contributed by atoms with van der Waals surface area (Å²) >= 11 is 0. The van der Waals surface area contributed by atoms with Crippen LogP contribution in [0.25, 0.3) is 6.08 Å². The Balaban J connectivity index is 2.21. The molecule has 0 aromatic heterocycles. The van der Waals surface area contributed by atoms with Crippen LogP contribution in [0.1, 0.15) is 38.8 Å². The zero-order chi connectivity index (χ0) is 13.3. The number of rotatable bonds is 0. The van der Waals surface area contributed by atoms with E-state index in [2.05, 4.69) is 6.07 Å². The number of hydrogen-bond donors (Lipinski definition) is 0. The molecule has 0 aliphatic carbocycles. The highest BCUT2D eigenvalue weighted by molar-refractivity contribution is 5.74. The Morgan fingerprint density at radius 2 is 1.94 bits per heavy atom. The second-order valence-electron chi connectivity index (χ2n) is 5.55. The molecule has 0 fully saturated rings. The molecule has 1 aromatic carbocycles. The summed E-state index contributed by atoms with van der Waals surface area (Å²) in [7, 11) is 0. The van der Waals surface area contributed by atoms with Crippen molar-refractivity contribution in [3.63, 3.8) is 0 Å². The Morgan fingerprint density at radius 1 is 1.28 bits per heavy atom. The van der Waals surface area contributed by atoms with Crippen LogP contribution in [0.3, 0.4) is 0 Å². The summed E-state index contributed by atoms with van der Waals surface area (Å²) in [5.41, 5.74) is 2.78. The molecular formula is C15H19NO2. The molecule has 3 nitrogen and oxygen atoms in total. The molecule has 18 heavy (non-hydrogen) atoms. The number of amides is 1. The normalized spacial score (nSPS) is 14.9. The predicted octanol–water partition coefficient (Wildman–Crippen LogP) is 3.80. The molecule has 1 aliphatic rings. The van der Waals surface area contributed by atoms with Gasteiger partial charge in [-0.25, -0.2) is 4.79 Å². The lowest BCUT2D eigenvalue weighted by atomic mass is 10.0. The Labute approximate surface area is 108 Å². The van der Waals surface area contributed by atoms with Crippen LogP contribution in [0.5, 0.6) is 0 Å². The minimum absolute atomic E-state index is 0.286. The second-order valence-corrected chi connectivity index (χ2v) is 5.55. The molecule has 0 radical (unpaired) electrons. The van der Waals surface area contributed by atoms with Crippen molar-refractivity contribution >= 4 is 12.2 Å². The molecule has 2 rings (SSSR count). The fourth-order valence-electron chi connectivity index (χ4n) is 1.94. The largest absolute Gasteiger partial charge is 0.443 e. The lowest BCUT2D eigenvalue weighted by molar-refractivity contribution is 0.0300. The van der Waals surface area contributed by atoms with E-state index in [4.69, 9.17) is 4.74 Å². The summed E-state index contributed by atoms with van der Waals surface area (Å²) in [5.74, 6) is 0. The minimum Gasteiger partial charge on any atom is -0.443 e. The van der Waals surface area contributed by atoms with Crippen molar-refractivity contribution in [3.05, 3.63) is 41.1 Å². The average Bonchev–Trinajstić information content (AvgIpc) is 2.25. The molecule has 0 saturated carbocycles. The van der Waals surface area contributed by atoms with E-state index in [-0.39, 0.29) is 6.09 Å². The van der Waals surface area contributed by atoms with Crippen molar-refractivity contribution in [2.24, 2.45) is 0 Å². The number of nitrogens with zero attached hydrogens (tertiary/aromatic N) is 1. The lowest BCUT2D eigenvalue weighted by Gasteiger charge is -2.30. The third-order valence-corrected chi connectivity index (χ3v) is 2.79. The molecule has 0 spiro atoms. The van der Waals surface area contributed by atoms with Gasteiger partial charge >= 0.3 is 6.09 Å². The third kappa shape index (κ3) is 2.73. The van der Waals surface area contributed by atoms with Gasteiger partial charge in [0.2, 0.25) is 0 Å². The van der Waals surface area contributed by atoms with Crippen molar-refractivity contribution in [1.29, 1.82) is 0 Å². The third-order valence-electron chi connectivity index (χ3n) is 2.79. The molecule has 0 saturated heterocycles. The van der Waals surface area contributed by atoms with Crippen LogP contribution in [-0.2, 0) is 11.3 Å². The van der Waals surface area contributed by atoms with Gasteiger partial charge in [0, 0.05) is 5.70 Å². The first kappa shape index (κ1) is 12.7. The Bertz CT molecular complexity index is 497. The maximum absolute atomic E-state index is 12.1. The minimum atomic E-state index is -0.464. The summed E-state index contributed by atoms with van der Waals surface area (Å²) in [6.45, 7) is 8.14. The quantitative estimate of drug-likeness (QED) is 0.695. The second kappa shape index (κ2) is 4.48. The molecule has 1 heterocycles. The van der Waals surface area contributed by atoms with Crippen LogP contribution in [-0.4, -0.2) is 16.6 Å². The highest BCUT2D eigenvalue weighted by atomic mass is 16.6. The lowest BCUT2D eigenvalue weighted by Crippen LogP contribution is -2.36. The highest BCUT2D eigenvalue weighted by Crippen LogP contribution is 2.25. The number of fused-ring (bicyclic) bond motifs is 1. The summed E-state index contributed by atoms with van der Waals surface area (Å²) in [6, 6.07) is 8.09. The van der Waals surface area contributed by atoms with Crippen LogP contribution in [0.4, 0.5) is 4.79 Å². The first-order valence-corrected chi connectivity index (χ1v) is 6.13. The van der Waals surface area contributed by atoms with Gasteiger partial charge < -0.3 is 4.74 Å². The standard InChI is InChI=1S/C15H19NO2/c1-11-9-12-7-5-6-8-13(12)10-16(11)14(17)18-15(2,3)4/h5-9H,10H2,1-4H3. The number of benzene rings is 1. The van der Waals surface area contributed by atoms with Crippen molar-refractivity contribution in [1.82, 2.24) is 4.90 Å². The van der Waals surface area contributed by atoms with E-state index < -0.39 is 5.60 Å². The first-order chi connectivity index (χ1) is 8.37. The molecule has 96 valence electrons. The summed E-state index contributed by atoms with van der Waals surface area (Å²) in [5, 5.41) is 0. The number of carbonyl (C=O) groups is 1. The van der Waals surface area contributed by atoms with Gasteiger partial charge in [-0.05, 0) is 44.9 Å². The molecule has 1 amide bonds. The molecule has 3 heteroatoms. The zero-order valence-electron chi connectivity index (χ0n) is 11.4. The van der Waals surface area contributed by atoms with Crippen LogP contribution in [0, 0.1) is 0 Å². The van der Waals surface area contributed by atoms with Gasteiger partial charge in [0.15, 0.2) is 0 Å². The van der Waals surface area contributed by atoms with Crippen molar-refractivity contribution < 1.29 is 9.53 Å². The Hall–Kier alpha value is -1.77. The number of hydrogen-bond acceptors (Lipinski definition) is 2. The van der Waals surface area contributed by atoms with Gasteiger partial charge in [0.25, 0.3) is 0 Å². The SMILES string of the molecule is CC1=Cc2ccccc2CN1C(=O)OC(C)(C)C. The van der Waals surface area contributed by atoms with Crippen molar-refractivity contribution in [2.45, 2.75) is 39.8 Å². The Kier molecular flexibility index (Phi) is 3.16. The van der Waals surface area contributed by atoms with Crippen LogP contribution < -0.4 is 0 Å². The summed E-state index contributed by atoms with van der Waals surface area (Å²) < 4.78 is 5.41. The average molecular weight is 245 g/mol. The fourth-order valence-corrected chi connectivity index (χ4v) is 1.94. The molecule has 0 N–H and O–H groups in total. The molecule has 1 aliphatic heterocycles. The van der Waals surface area contributed by atoms with Crippen LogP contribution in [0.2, 0.25) is 0 Å². The van der Waals surface area contributed by atoms with E-state index in [1.165, 1.54) is 5.56 Å². The van der Waals surface area contributed by atoms with Crippen LogP contribution >= 0.6 is 0 Å². The van der Waals surface area contributed by atoms with Crippen LogP contribution in [0.15, 0.2) is 30.0 Å². The number of allylic oxidation sites excluding steroid dienone is 1. The van der Waals surface area contributed by atoms with Crippen molar-refractivity contribution in [2.75, 3.05) is 0 Å². The molecule has 0 atom stereocenters. The van der Waals surface area contributed by atoms with E-state index in [1.807, 2.05) is 52.0 Å². The van der Waals surface area contributed by atoms with Gasteiger partial charge in [0.1, 0.15) is 5.60 Å². The van der Waals surface area contributed by atoms with Gasteiger partial charge in [-0.1, -0.05) is 24.3 Å². The molecular weight excluding hydrogens is 226 g/mol. The Morgan fingerprint density at radius 3 is 2.61 bits per heavy atom. The molecule has 1 aromatic rings. The molecule has 0 unspecified atom stereocenters. The summed E-state index contributed by atoms with van der Waals surface area (Å²) in [6.07, 6.45) is 1.73. The number of ether oxygens (including phenoxy) is 1. The highest BCUT2D eigenvalue weighted by Gasteiger charge is 2.25. The maximum Gasteiger partial charge on any atom is 0.414 e. The van der Waals surface area contributed by atoms with E-state index in [9.17, 15) is 4.79 Å². The zero-order valence-corrected chi connectivity index (χ0v) is 11.4. The van der Waals surface area contributed by atoms with E-state index in [0.717, 1.165) is 11.3 Å². The van der Waals surface area contributed by atoms with E-state index in [1.54, 1.807) is 4.90 Å². The van der Waals surface area contributed by atoms with Gasteiger partial charge in [-0.3, -0.25) is 4.90 Å².